The van der Waals surface area contributed by atoms with Crippen molar-refractivity contribution in [3.63, 3.8) is 0 Å². The van der Waals surface area contributed by atoms with E-state index in [0.29, 0.717) is 10.6 Å². The highest BCUT2D eigenvalue weighted by Gasteiger charge is 2.31. The Kier molecular flexibility index (Phi) is 6.86. The van der Waals surface area contributed by atoms with Gasteiger partial charge in [0.1, 0.15) is 6.04 Å². The number of rotatable bonds is 7. The van der Waals surface area contributed by atoms with E-state index in [-0.39, 0.29) is 23.6 Å². The van der Waals surface area contributed by atoms with Crippen LogP contribution < -0.4 is 0 Å². The number of carbonyl (C=O) groups excluding carboxylic acids is 1. The molecule has 0 aliphatic rings. The van der Waals surface area contributed by atoms with Crippen LogP contribution in [-0.2, 0) is 17.8 Å². The summed E-state index contributed by atoms with van der Waals surface area (Å²) in [5.74, 6) is -1.59. The topological polar surface area (TPSA) is 70.5 Å². The molecule has 29 heavy (non-hydrogen) atoms. The van der Waals surface area contributed by atoms with Gasteiger partial charge in [-0.1, -0.05) is 59.6 Å². The minimum absolute atomic E-state index is 0.0788. The van der Waals surface area contributed by atoms with Gasteiger partial charge in [-0.05, 0) is 35.4 Å². The summed E-state index contributed by atoms with van der Waals surface area (Å²) < 4.78 is 0. The van der Waals surface area contributed by atoms with E-state index in [1.165, 1.54) is 17.0 Å². The number of hydrogen-bond acceptors (Lipinski definition) is 3. The van der Waals surface area contributed by atoms with E-state index in [9.17, 15) is 14.7 Å². The molecular formula is C22H18Cl2N2O3. The molecule has 0 fully saturated rings. The molecule has 0 unspecified atom stereocenters. The maximum absolute atomic E-state index is 13.3. The van der Waals surface area contributed by atoms with E-state index >= 15 is 0 Å². The monoisotopic (exact) mass is 428 g/mol. The molecule has 1 heterocycles. The molecule has 0 radical (unpaired) electrons. The Morgan fingerprint density at radius 1 is 1.00 bits per heavy atom. The highest BCUT2D eigenvalue weighted by molar-refractivity contribution is 6.36. The van der Waals surface area contributed by atoms with Crippen LogP contribution in [0.1, 0.15) is 21.5 Å². The second kappa shape index (κ2) is 9.54. The molecule has 0 spiro atoms. The molecule has 0 saturated heterocycles. The van der Waals surface area contributed by atoms with Gasteiger partial charge in [-0.3, -0.25) is 9.78 Å². The average molecular weight is 429 g/mol. The molecule has 0 bridgehead atoms. The van der Waals surface area contributed by atoms with Crippen molar-refractivity contribution in [3.05, 3.63) is 99.8 Å². The smallest absolute Gasteiger partial charge is 0.326 e. The predicted octanol–water partition coefficient (Wildman–Crippen LogP) is 4.73. The first-order valence-corrected chi connectivity index (χ1v) is 9.63. The van der Waals surface area contributed by atoms with E-state index in [1.807, 2.05) is 30.3 Å². The second-order valence-corrected chi connectivity index (χ2v) is 7.31. The molecule has 3 rings (SSSR count). The summed E-state index contributed by atoms with van der Waals surface area (Å²) in [5.41, 5.74) is 1.72. The van der Waals surface area contributed by atoms with Crippen LogP contribution in [0.2, 0.25) is 10.0 Å². The fraction of sp³-hybridized carbons (Fsp3) is 0.136. The van der Waals surface area contributed by atoms with Gasteiger partial charge in [0.05, 0.1) is 10.6 Å². The Hall–Kier alpha value is -2.89. The molecule has 5 nitrogen and oxygen atoms in total. The quantitative estimate of drug-likeness (QED) is 0.590. The number of pyridine rings is 1. The van der Waals surface area contributed by atoms with Gasteiger partial charge in [0, 0.05) is 30.4 Å². The summed E-state index contributed by atoms with van der Waals surface area (Å²) in [5, 5.41) is 10.5. The van der Waals surface area contributed by atoms with E-state index < -0.39 is 17.9 Å². The van der Waals surface area contributed by atoms with E-state index in [4.69, 9.17) is 23.2 Å². The standard InChI is InChI=1S/C22H18Cl2N2O3/c23-17-8-9-18(19(24)12-17)21(27)26(14-16-7-4-10-25-13-16)20(22(28)29)11-15-5-2-1-3-6-15/h1-10,12-13,20H,11,14H2,(H,28,29)/t20-/m0/s1. The molecule has 1 aromatic heterocycles. The lowest BCUT2D eigenvalue weighted by molar-refractivity contribution is -0.142. The Balaban J connectivity index is 2.00. The number of carboxylic acid groups (broad SMARTS) is 1. The number of nitrogens with zero attached hydrogens (tertiary/aromatic N) is 2. The maximum atomic E-state index is 13.3. The van der Waals surface area contributed by atoms with Gasteiger partial charge in [0.2, 0.25) is 0 Å². The summed E-state index contributed by atoms with van der Waals surface area (Å²) >= 11 is 12.2. The van der Waals surface area contributed by atoms with Crippen molar-refractivity contribution in [2.24, 2.45) is 0 Å². The zero-order valence-electron chi connectivity index (χ0n) is 15.3. The van der Waals surface area contributed by atoms with E-state index in [1.54, 1.807) is 30.6 Å². The number of carboxylic acids is 1. The molecule has 1 N–H and O–H groups in total. The van der Waals surface area contributed by atoms with Crippen LogP contribution in [0.4, 0.5) is 0 Å². The molecule has 3 aromatic rings. The van der Waals surface area contributed by atoms with Gasteiger partial charge in [0.25, 0.3) is 5.91 Å². The lowest BCUT2D eigenvalue weighted by Crippen LogP contribution is -2.46. The van der Waals surface area contributed by atoms with Gasteiger partial charge in [-0.25, -0.2) is 4.79 Å². The molecule has 2 aromatic carbocycles. The number of halogens is 2. The Bertz CT molecular complexity index is 997. The van der Waals surface area contributed by atoms with Crippen LogP contribution in [-0.4, -0.2) is 32.9 Å². The summed E-state index contributed by atoms with van der Waals surface area (Å²) in [6.45, 7) is 0.0788. The van der Waals surface area contributed by atoms with Crippen LogP contribution in [0.5, 0.6) is 0 Å². The zero-order valence-corrected chi connectivity index (χ0v) is 16.8. The van der Waals surface area contributed by atoms with Gasteiger partial charge in [-0.15, -0.1) is 0 Å². The number of benzene rings is 2. The van der Waals surface area contributed by atoms with Crippen LogP contribution in [0.15, 0.2) is 73.1 Å². The molecule has 148 valence electrons. The van der Waals surface area contributed by atoms with Gasteiger partial charge >= 0.3 is 5.97 Å². The molecule has 7 heteroatoms. The number of aromatic nitrogens is 1. The highest BCUT2D eigenvalue weighted by Crippen LogP contribution is 2.25. The van der Waals surface area contributed by atoms with E-state index in [0.717, 1.165) is 5.56 Å². The largest absolute Gasteiger partial charge is 0.480 e. The van der Waals surface area contributed by atoms with E-state index in [2.05, 4.69) is 4.98 Å². The molecule has 1 amide bonds. The zero-order chi connectivity index (χ0) is 20.8. The first-order valence-electron chi connectivity index (χ1n) is 8.87. The predicted molar refractivity (Wildman–Crippen MR) is 112 cm³/mol. The minimum Gasteiger partial charge on any atom is -0.480 e. The fourth-order valence-corrected chi connectivity index (χ4v) is 3.49. The van der Waals surface area contributed by atoms with Gasteiger partial charge < -0.3 is 10.0 Å². The van der Waals surface area contributed by atoms with Crippen LogP contribution in [0.25, 0.3) is 0 Å². The molecular weight excluding hydrogens is 411 g/mol. The molecule has 0 aliphatic carbocycles. The first-order chi connectivity index (χ1) is 14.0. The lowest BCUT2D eigenvalue weighted by Gasteiger charge is -2.29. The van der Waals surface area contributed by atoms with Crippen molar-refractivity contribution in [1.29, 1.82) is 0 Å². The third-order valence-corrected chi connectivity index (χ3v) is 4.98. The van der Waals surface area contributed by atoms with Crippen molar-refractivity contribution in [3.8, 4) is 0 Å². The fourth-order valence-electron chi connectivity index (χ4n) is 3.00. The second-order valence-electron chi connectivity index (χ2n) is 6.46. The normalized spacial score (nSPS) is 11.7. The Labute approximate surface area is 178 Å². The lowest BCUT2D eigenvalue weighted by atomic mass is 10.0. The third kappa shape index (κ3) is 5.34. The summed E-state index contributed by atoms with van der Waals surface area (Å²) in [7, 11) is 0. The number of hydrogen-bond donors (Lipinski definition) is 1. The molecule has 1 atom stereocenters. The molecule has 0 aliphatic heterocycles. The Morgan fingerprint density at radius 2 is 1.72 bits per heavy atom. The van der Waals surface area contributed by atoms with Crippen molar-refractivity contribution >= 4 is 35.1 Å². The van der Waals surface area contributed by atoms with Crippen molar-refractivity contribution < 1.29 is 14.7 Å². The van der Waals surface area contributed by atoms with Crippen molar-refractivity contribution in [2.45, 2.75) is 19.0 Å². The average Bonchev–Trinajstić information content (AvgIpc) is 2.71. The number of carbonyl (C=O) groups is 2. The van der Waals surface area contributed by atoms with Crippen LogP contribution in [0.3, 0.4) is 0 Å². The SMILES string of the molecule is O=C(O)[C@H](Cc1ccccc1)N(Cc1cccnc1)C(=O)c1ccc(Cl)cc1Cl. The summed E-state index contributed by atoms with van der Waals surface area (Å²) in [4.78, 5) is 30.8. The van der Waals surface area contributed by atoms with Crippen molar-refractivity contribution in [2.75, 3.05) is 0 Å². The Morgan fingerprint density at radius 3 is 2.34 bits per heavy atom. The highest BCUT2D eigenvalue weighted by atomic mass is 35.5. The maximum Gasteiger partial charge on any atom is 0.326 e. The third-order valence-electron chi connectivity index (χ3n) is 4.43. The number of amides is 1. The number of aliphatic carboxylic acids is 1. The van der Waals surface area contributed by atoms with Gasteiger partial charge in [0.15, 0.2) is 0 Å². The van der Waals surface area contributed by atoms with Gasteiger partial charge in [-0.2, -0.15) is 0 Å². The van der Waals surface area contributed by atoms with Crippen molar-refractivity contribution in [1.82, 2.24) is 9.88 Å². The summed E-state index contributed by atoms with van der Waals surface area (Å²) in [6, 6.07) is 16.1. The summed E-state index contributed by atoms with van der Waals surface area (Å²) in [6.07, 6.45) is 3.38. The minimum atomic E-state index is -1.10. The van der Waals surface area contributed by atoms with Crippen LogP contribution in [0, 0.1) is 0 Å². The molecule has 0 saturated carbocycles. The van der Waals surface area contributed by atoms with Crippen LogP contribution >= 0.6 is 23.2 Å². The first kappa shape index (κ1) is 20.8.